The topological polar surface area (TPSA) is 56.5 Å². The van der Waals surface area contributed by atoms with Crippen LogP contribution in [0.25, 0.3) is 0 Å². The van der Waals surface area contributed by atoms with E-state index in [1.807, 2.05) is 6.92 Å². The van der Waals surface area contributed by atoms with E-state index in [2.05, 4.69) is 17.2 Å². The van der Waals surface area contributed by atoms with Gasteiger partial charge in [-0.1, -0.05) is 0 Å². The molecule has 2 heterocycles. The molecule has 1 atom stereocenters. The Labute approximate surface area is 113 Å². The molecule has 0 amide bonds. The lowest BCUT2D eigenvalue weighted by Gasteiger charge is -2.36. The number of hydrogen-bond acceptors (Lipinski definition) is 5. The minimum atomic E-state index is -0.277. The molecule has 0 bridgehead atoms. The van der Waals surface area contributed by atoms with Gasteiger partial charge in [-0.05, 0) is 26.7 Å². The molecular weight excluding hydrogens is 244 g/mol. The molecule has 106 valence electrons. The van der Waals surface area contributed by atoms with Crippen molar-refractivity contribution in [2.75, 3.05) is 13.2 Å². The maximum absolute atomic E-state index is 5.74. The summed E-state index contributed by atoms with van der Waals surface area (Å²) in [7, 11) is 0. The molecule has 1 aliphatic carbocycles. The van der Waals surface area contributed by atoms with Gasteiger partial charge in [-0.2, -0.15) is 0 Å². The number of nitrogens with zero attached hydrogens (tertiary/aromatic N) is 1. The van der Waals surface area contributed by atoms with E-state index in [0.717, 1.165) is 50.5 Å². The first kappa shape index (κ1) is 13.1. The lowest BCUT2D eigenvalue weighted by atomic mass is 9.89. The molecule has 1 unspecified atom stereocenters. The van der Waals surface area contributed by atoms with Crippen molar-refractivity contribution in [1.29, 1.82) is 0 Å². The molecule has 2 aliphatic rings. The maximum atomic E-state index is 5.74. The summed E-state index contributed by atoms with van der Waals surface area (Å²) >= 11 is 0. The zero-order chi connectivity index (χ0) is 13.3. The van der Waals surface area contributed by atoms with Gasteiger partial charge in [0.1, 0.15) is 5.76 Å². The van der Waals surface area contributed by atoms with Crippen molar-refractivity contribution < 1.29 is 13.9 Å². The van der Waals surface area contributed by atoms with Gasteiger partial charge in [0.05, 0.1) is 25.5 Å². The first-order valence-corrected chi connectivity index (χ1v) is 7.13. The number of aromatic nitrogens is 1. The van der Waals surface area contributed by atoms with Crippen LogP contribution in [0.2, 0.25) is 0 Å². The number of oxazole rings is 1. The minimum Gasteiger partial charge on any atom is -0.444 e. The summed E-state index contributed by atoms with van der Waals surface area (Å²) < 4.78 is 17.0. The summed E-state index contributed by atoms with van der Waals surface area (Å²) in [4.78, 5) is 4.27. The van der Waals surface area contributed by atoms with Crippen molar-refractivity contribution in [3.63, 3.8) is 0 Å². The third-order valence-electron chi connectivity index (χ3n) is 4.06. The van der Waals surface area contributed by atoms with E-state index < -0.39 is 0 Å². The fourth-order valence-electron chi connectivity index (χ4n) is 3.01. The van der Waals surface area contributed by atoms with Gasteiger partial charge in [-0.15, -0.1) is 0 Å². The van der Waals surface area contributed by atoms with Crippen molar-refractivity contribution in [2.24, 2.45) is 0 Å². The fraction of sp³-hybridized carbons (Fsp3) is 0.786. The smallest absolute Gasteiger partial charge is 0.211 e. The Balaban J connectivity index is 1.52. The normalized spacial score (nSPS) is 24.9. The molecule has 19 heavy (non-hydrogen) atoms. The Bertz CT molecular complexity index is 416. The number of ether oxygens (including phenoxy) is 2. The Morgan fingerprint density at radius 3 is 2.58 bits per heavy atom. The first-order valence-electron chi connectivity index (χ1n) is 7.13. The van der Waals surface area contributed by atoms with Crippen molar-refractivity contribution in [3.05, 3.63) is 17.8 Å². The standard InChI is InChI=1S/C14H22N2O3/c1-10-9-15-13(19-10)11(2)16-12-3-5-14(6-4-12)17-7-8-18-14/h9,11-12,16H,3-8H2,1-2H3. The Morgan fingerprint density at radius 2 is 2.00 bits per heavy atom. The molecule has 2 fully saturated rings. The van der Waals surface area contributed by atoms with Gasteiger partial charge >= 0.3 is 0 Å². The van der Waals surface area contributed by atoms with Gasteiger partial charge in [0, 0.05) is 18.9 Å². The predicted octanol–water partition coefficient (Wildman–Crippen LogP) is 2.32. The molecule has 1 aromatic heterocycles. The molecule has 5 heteroatoms. The Hall–Kier alpha value is -0.910. The average Bonchev–Trinajstić information content (AvgIpc) is 3.02. The first-order chi connectivity index (χ1) is 9.17. The van der Waals surface area contributed by atoms with Gasteiger partial charge in [0.25, 0.3) is 0 Å². The van der Waals surface area contributed by atoms with E-state index in [4.69, 9.17) is 13.9 Å². The molecule has 0 aromatic carbocycles. The zero-order valence-electron chi connectivity index (χ0n) is 11.6. The summed E-state index contributed by atoms with van der Waals surface area (Å²) in [5, 5.41) is 3.59. The third kappa shape index (κ3) is 2.83. The van der Waals surface area contributed by atoms with Gasteiger partial charge in [-0.25, -0.2) is 4.98 Å². The van der Waals surface area contributed by atoms with E-state index in [9.17, 15) is 0 Å². The largest absolute Gasteiger partial charge is 0.444 e. The quantitative estimate of drug-likeness (QED) is 0.910. The highest BCUT2D eigenvalue weighted by atomic mass is 16.7. The molecular formula is C14H22N2O3. The lowest BCUT2D eigenvalue weighted by molar-refractivity contribution is -0.179. The summed E-state index contributed by atoms with van der Waals surface area (Å²) in [6, 6.07) is 0.638. The Kier molecular flexibility index (Phi) is 3.60. The van der Waals surface area contributed by atoms with Crippen LogP contribution >= 0.6 is 0 Å². The number of rotatable bonds is 3. The number of aryl methyl sites for hydroxylation is 1. The highest BCUT2D eigenvalue weighted by Gasteiger charge is 2.40. The van der Waals surface area contributed by atoms with Crippen LogP contribution < -0.4 is 5.32 Å². The second-order valence-electron chi connectivity index (χ2n) is 5.58. The van der Waals surface area contributed by atoms with Crippen LogP contribution in [-0.4, -0.2) is 30.0 Å². The molecule has 3 rings (SSSR count). The van der Waals surface area contributed by atoms with E-state index >= 15 is 0 Å². The third-order valence-corrected chi connectivity index (χ3v) is 4.06. The van der Waals surface area contributed by atoms with E-state index in [1.54, 1.807) is 6.20 Å². The molecule has 1 aliphatic heterocycles. The SMILES string of the molecule is Cc1cnc(C(C)NC2CCC3(CC2)OCCO3)o1. The van der Waals surface area contributed by atoms with E-state index in [-0.39, 0.29) is 11.8 Å². The van der Waals surface area contributed by atoms with Crippen LogP contribution in [0.3, 0.4) is 0 Å². The summed E-state index contributed by atoms with van der Waals surface area (Å²) in [6.07, 6.45) is 5.86. The monoisotopic (exact) mass is 266 g/mol. The predicted molar refractivity (Wildman–Crippen MR) is 69.7 cm³/mol. The number of hydrogen-bond donors (Lipinski definition) is 1. The van der Waals surface area contributed by atoms with Gasteiger partial charge in [0.15, 0.2) is 5.79 Å². The zero-order valence-corrected chi connectivity index (χ0v) is 11.6. The lowest BCUT2D eigenvalue weighted by Crippen LogP contribution is -2.42. The summed E-state index contributed by atoms with van der Waals surface area (Å²) in [5.74, 6) is 1.35. The average molecular weight is 266 g/mol. The maximum Gasteiger partial charge on any atom is 0.211 e. The van der Waals surface area contributed by atoms with Crippen LogP contribution in [-0.2, 0) is 9.47 Å². The summed E-state index contributed by atoms with van der Waals surface area (Å²) in [6.45, 7) is 5.49. The van der Waals surface area contributed by atoms with Crippen LogP contribution in [0, 0.1) is 6.92 Å². The van der Waals surface area contributed by atoms with Crippen molar-refractivity contribution in [1.82, 2.24) is 10.3 Å². The van der Waals surface area contributed by atoms with Crippen LogP contribution in [0.4, 0.5) is 0 Å². The summed E-state index contributed by atoms with van der Waals surface area (Å²) in [5.41, 5.74) is 0. The molecule has 1 N–H and O–H groups in total. The molecule has 0 radical (unpaired) electrons. The highest BCUT2D eigenvalue weighted by molar-refractivity contribution is 4.96. The fourth-order valence-corrected chi connectivity index (χ4v) is 3.01. The second-order valence-corrected chi connectivity index (χ2v) is 5.58. The highest BCUT2D eigenvalue weighted by Crippen LogP contribution is 2.36. The van der Waals surface area contributed by atoms with E-state index in [1.165, 1.54) is 0 Å². The Morgan fingerprint density at radius 1 is 1.32 bits per heavy atom. The molecule has 1 saturated heterocycles. The molecule has 1 saturated carbocycles. The van der Waals surface area contributed by atoms with Gasteiger partial charge in [0.2, 0.25) is 5.89 Å². The molecule has 5 nitrogen and oxygen atoms in total. The van der Waals surface area contributed by atoms with Crippen LogP contribution in [0.15, 0.2) is 10.6 Å². The van der Waals surface area contributed by atoms with Gasteiger partial charge < -0.3 is 19.2 Å². The molecule has 1 spiro atoms. The van der Waals surface area contributed by atoms with Crippen molar-refractivity contribution >= 4 is 0 Å². The van der Waals surface area contributed by atoms with Crippen molar-refractivity contribution in [2.45, 2.75) is 57.4 Å². The van der Waals surface area contributed by atoms with Crippen LogP contribution in [0.5, 0.6) is 0 Å². The number of nitrogens with one attached hydrogen (secondary N) is 1. The van der Waals surface area contributed by atoms with Gasteiger partial charge in [-0.3, -0.25) is 0 Å². The van der Waals surface area contributed by atoms with Crippen molar-refractivity contribution in [3.8, 4) is 0 Å². The molecule has 1 aromatic rings. The second kappa shape index (κ2) is 5.23. The van der Waals surface area contributed by atoms with E-state index in [0.29, 0.717) is 6.04 Å². The minimum absolute atomic E-state index is 0.151. The van der Waals surface area contributed by atoms with Crippen LogP contribution in [0.1, 0.15) is 50.3 Å².